The first-order valence-corrected chi connectivity index (χ1v) is 11.0. The molecule has 0 atom stereocenters. The zero-order valence-electron chi connectivity index (χ0n) is 15.8. The summed E-state index contributed by atoms with van der Waals surface area (Å²) in [5.74, 6) is 0.416. The minimum Gasteiger partial charge on any atom is -0.459 e. The summed E-state index contributed by atoms with van der Waals surface area (Å²) in [5.41, 5.74) is 0.381. The first kappa shape index (κ1) is 19.2. The Balaban J connectivity index is 1.45. The number of carbonyl (C=O) groups is 1. The molecule has 3 aromatic rings. The van der Waals surface area contributed by atoms with Crippen LogP contribution in [0, 0.1) is 0 Å². The highest BCUT2D eigenvalue weighted by atomic mass is 32.2. The van der Waals surface area contributed by atoms with Crippen LogP contribution in [0.1, 0.15) is 16.1 Å². The molecule has 1 aliphatic rings. The Hall–Kier alpha value is -3.13. The molecule has 8 heteroatoms. The van der Waals surface area contributed by atoms with E-state index in [2.05, 4.69) is 9.88 Å². The lowest BCUT2D eigenvalue weighted by atomic mass is 10.2. The number of sulfone groups is 1. The number of furan rings is 1. The normalized spacial score (nSPS) is 14.8. The van der Waals surface area contributed by atoms with Crippen molar-refractivity contribution in [2.24, 2.45) is 0 Å². The maximum absolute atomic E-state index is 13.0. The molecule has 0 unspecified atom stereocenters. The number of nitrogens with zero attached hydrogens (tertiary/aromatic N) is 3. The molecular formula is C21H21N3O4S. The van der Waals surface area contributed by atoms with E-state index in [9.17, 15) is 13.2 Å². The smallest absolute Gasteiger partial charge is 0.289 e. The van der Waals surface area contributed by atoms with Crippen molar-refractivity contribution in [2.75, 3.05) is 31.1 Å². The van der Waals surface area contributed by atoms with Gasteiger partial charge in [-0.2, -0.15) is 0 Å². The van der Waals surface area contributed by atoms with Crippen molar-refractivity contribution in [3.63, 3.8) is 0 Å². The van der Waals surface area contributed by atoms with Crippen LogP contribution in [-0.4, -0.2) is 50.4 Å². The Kier molecular flexibility index (Phi) is 5.35. The van der Waals surface area contributed by atoms with Gasteiger partial charge < -0.3 is 14.2 Å². The van der Waals surface area contributed by atoms with E-state index in [0.717, 1.165) is 5.82 Å². The predicted molar refractivity (Wildman–Crippen MR) is 108 cm³/mol. The van der Waals surface area contributed by atoms with Crippen LogP contribution in [0.2, 0.25) is 0 Å². The molecule has 0 saturated carbocycles. The molecule has 1 amide bonds. The number of pyridine rings is 1. The molecule has 0 bridgehead atoms. The highest BCUT2D eigenvalue weighted by molar-refractivity contribution is 7.90. The van der Waals surface area contributed by atoms with Crippen LogP contribution < -0.4 is 4.90 Å². The first-order chi connectivity index (χ1) is 14.0. The summed E-state index contributed by atoms with van der Waals surface area (Å²) in [5, 5.41) is 0. The van der Waals surface area contributed by atoms with Crippen molar-refractivity contribution in [1.82, 2.24) is 9.88 Å². The van der Waals surface area contributed by atoms with Crippen LogP contribution in [0.4, 0.5) is 5.82 Å². The summed E-state index contributed by atoms with van der Waals surface area (Å²) in [4.78, 5) is 21.3. The van der Waals surface area contributed by atoms with Crippen molar-refractivity contribution >= 4 is 21.6 Å². The Morgan fingerprint density at radius 1 is 0.966 bits per heavy atom. The van der Waals surface area contributed by atoms with E-state index in [1.165, 1.54) is 6.26 Å². The van der Waals surface area contributed by atoms with Gasteiger partial charge in [0, 0.05) is 37.9 Å². The summed E-state index contributed by atoms with van der Waals surface area (Å²) in [6, 6.07) is 15.5. The Bertz CT molecular complexity index is 1070. The van der Waals surface area contributed by atoms with Crippen LogP contribution in [-0.2, 0) is 15.6 Å². The Morgan fingerprint density at radius 2 is 1.69 bits per heavy atom. The molecule has 29 heavy (non-hydrogen) atoms. The molecule has 1 fully saturated rings. The molecule has 1 saturated heterocycles. The number of anilines is 1. The average Bonchev–Trinajstić information content (AvgIpc) is 3.22. The van der Waals surface area contributed by atoms with E-state index in [1.54, 1.807) is 47.5 Å². The maximum Gasteiger partial charge on any atom is 0.289 e. The number of amides is 1. The van der Waals surface area contributed by atoms with Crippen LogP contribution >= 0.6 is 0 Å². The zero-order valence-corrected chi connectivity index (χ0v) is 16.6. The monoisotopic (exact) mass is 411 g/mol. The van der Waals surface area contributed by atoms with Gasteiger partial charge in [-0.05, 0) is 30.3 Å². The van der Waals surface area contributed by atoms with Gasteiger partial charge in [0.1, 0.15) is 5.82 Å². The number of carbonyl (C=O) groups excluding carboxylic acids is 1. The summed E-state index contributed by atoms with van der Waals surface area (Å²) in [7, 11) is -3.56. The van der Waals surface area contributed by atoms with Crippen LogP contribution in [0.5, 0.6) is 0 Å². The van der Waals surface area contributed by atoms with Gasteiger partial charge in [0.25, 0.3) is 5.91 Å². The maximum atomic E-state index is 13.0. The van der Waals surface area contributed by atoms with E-state index in [0.29, 0.717) is 31.7 Å². The first-order valence-electron chi connectivity index (χ1n) is 9.34. The fourth-order valence-electron chi connectivity index (χ4n) is 3.38. The van der Waals surface area contributed by atoms with Gasteiger partial charge in [0.15, 0.2) is 15.6 Å². The molecule has 1 aliphatic heterocycles. The van der Waals surface area contributed by atoms with Crippen LogP contribution in [0.3, 0.4) is 0 Å². The van der Waals surface area contributed by atoms with E-state index in [-0.39, 0.29) is 22.3 Å². The van der Waals surface area contributed by atoms with Gasteiger partial charge in [-0.25, -0.2) is 13.4 Å². The molecule has 4 rings (SSSR count). The van der Waals surface area contributed by atoms with Crippen molar-refractivity contribution < 1.29 is 17.6 Å². The van der Waals surface area contributed by atoms with Crippen molar-refractivity contribution in [3.8, 4) is 0 Å². The second-order valence-corrected chi connectivity index (χ2v) is 8.80. The lowest BCUT2D eigenvalue weighted by Crippen LogP contribution is -2.49. The van der Waals surface area contributed by atoms with Crippen molar-refractivity contribution in [1.29, 1.82) is 0 Å². The second-order valence-electron chi connectivity index (χ2n) is 6.81. The summed E-state index contributed by atoms with van der Waals surface area (Å²) in [6.45, 7) is 2.34. The van der Waals surface area contributed by atoms with E-state index >= 15 is 0 Å². The van der Waals surface area contributed by atoms with Crippen LogP contribution in [0.15, 0.2) is 76.4 Å². The fraction of sp³-hybridized carbons (Fsp3) is 0.238. The van der Waals surface area contributed by atoms with Crippen molar-refractivity contribution in [3.05, 3.63) is 78.4 Å². The van der Waals surface area contributed by atoms with Gasteiger partial charge in [0.2, 0.25) is 0 Å². The molecule has 2 aromatic heterocycles. The molecule has 0 aliphatic carbocycles. The Labute approximate surface area is 169 Å². The van der Waals surface area contributed by atoms with Gasteiger partial charge >= 0.3 is 0 Å². The third kappa shape index (κ3) is 4.17. The van der Waals surface area contributed by atoms with Gasteiger partial charge in [-0.3, -0.25) is 4.79 Å². The number of hydrogen-bond donors (Lipinski definition) is 0. The van der Waals surface area contributed by atoms with Gasteiger partial charge in [-0.1, -0.05) is 24.3 Å². The van der Waals surface area contributed by atoms with E-state index < -0.39 is 9.84 Å². The molecule has 0 N–H and O–H groups in total. The second kappa shape index (κ2) is 8.08. The quantitative estimate of drug-likeness (QED) is 0.642. The lowest BCUT2D eigenvalue weighted by molar-refractivity contribution is 0.0713. The molecule has 3 heterocycles. The zero-order chi connectivity index (χ0) is 20.3. The molecule has 0 spiro atoms. The number of hydrogen-bond acceptors (Lipinski definition) is 6. The third-order valence-corrected chi connectivity index (χ3v) is 6.61. The van der Waals surface area contributed by atoms with Gasteiger partial charge in [-0.15, -0.1) is 0 Å². The molecule has 1 aromatic carbocycles. The third-order valence-electron chi connectivity index (χ3n) is 4.93. The Morgan fingerprint density at radius 3 is 2.38 bits per heavy atom. The minimum atomic E-state index is -3.56. The molecule has 0 radical (unpaired) electrons. The summed E-state index contributed by atoms with van der Waals surface area (Å²) >= 11 is 0. The van der Waals surface area contributed by atoms with Crippen LogP contribution in [0.25, 0.3) is 0 Å². The number of rotatable bonds is 5. The lowest BCUT2D eigenvalue weighted by Gasteiger charge is -2.35. The van der Waals surface area contributed by atoms with Gasteiger partial charge in [0.05, 0.1) is 16.9 Å². The SMILES string of the molecule is O=C(c1occc1CS(=O)(=O)c1ccccc1)N1CCN(c2ccccn2)CC1. The van der Waals surface area contributed by atoms with E-state index in [4.69, 9.17) is 4.42 Å². The standard InChI is InChI=1S/C21H21N3O4S/c25-21(24-13-11-23(12-14-24)19-8-4-5-10-22-19)20-17(9-15-28-20)16-29(26,27)18-6-2-1-3-7-18/h1-10,15H,11-14,16H2. The minimum absolute atomic E-state index is 0.0933. The number of benzene rings is 1. The van der Waals surface area contributed by atoms with Crippen molar-refractivity contribution in [2.45, 2.75) is 10.6 Å². The number of piperazine rings is 1. The molecule has 150 valence electrons. The largest absolute Gasteiger partial charge is 0.459 e. The topological polar surface area (TPSA) is 83.7 Å². The highest BCUT2D eigenvalue weighted by Crippen LogP contribution is 2.22. The highest BCUT2D eigenvalue weighted by Gasteiger charge is 2.28. The summed E-state index contributed by atoms with van der Waals surface area (Å²) < 4.78 is 30.7. The average molecular weight is 411 g/mol. The molecule has 7 nitrogen and oxygen atoms in total. The van der Waals surface area contributed by atoms with E-state index in [1.807, 2.05) is 18.2 Å². The fourth-order valence-corrected chi connectivity index (χ4v) is 4.75. The summed E-state index contributed by atoms with van der Waals surface area (Å²) in [6.07, 6.45) is 3.11. The predicted octanol–water partition coefficient (Wildman–Crippen LogP) is 2.61. The molecular weight excluding hydrogens is 390 g/mol. The number of aromatic nitrogens is 1.